The molecule has 1 rings (SSSR count). The Hall–Kier alpha value is -1.45. The zero-order chi connectivity index (χ0) is 13.0. The van der Waals surface area contributed by atoms with Gasteiger partial charge in [-0.1, -0.05) is 12.2 Å². The lowest BCUT2D eigenvalue weighted by Gasteiger charge is -2.09. The highest BCUT2D eigenvalue weighted by Gasteiger charge is 2.10. The predicted octanol–water partition coefficient (Wildman–Crippen LogP) is 3.68. The van der Waals surface area contributed by atoms with Gasteiger partial charge in [0.15, 0.2) is 0 Å². The Labute approximate surface area is 112 Å². The number of allylic oxidation sites excluding steroid dienone is 1. The Bertz CT molecular complexity index is 533. The summed E-state index contributed by atoms with van der Waals surface area (Å²) < 4.78 is 13.3. The van der Waals surface area contributed by atoms with E-state index in [-0.39, 0.29) is 22.1 Å². The number of thiocarbonyl (C=S) groups is 1. The molecule has 88 valence electrons. The molecular formula is C11H8BrFN2OS. The molecule has 0 atom stereocenters. The number of aliphatic hydroxyl groups is 1. The lowest BCUT2D eigenvalue weighted by atomic mass is 10.2. The molecule has 0 aliphatic carbocycles. The maximum absolute atomic E-state index is 12.8. The fourth-order valence-electron chi connectivity index (χ4n) is 1.07. The fraction of sp³-hybridized carbons (Fsp3) is 0.0909. The molecule has 17 heavy (non-hydrogen) atoms. The molecule has 0 heterocycles. The summed E-state index contributed by atoms with van der Waals surface area (Å²) in [6.07, 6.45) is 0. The number of anilines is 1. The molecule has 2 N–H and O–H groups in total. The molecule has 1 aromatic rings. The Morgan fingerprint density at radius 2 is 2.24 bits per heavy atom. The zero-order valence-electron chi connectivity index (χ0n) is 8.79. The minimum atomic E-state index is -0.386. The molecule has 0 saturated heterocycles. The van der Waals surface area contributed by atoms with E-state index in [1.807, 2.05) is 0 Å². The first kappa shape index (κ1) is 13.6. The molecule has 0 bridgehead atoms. The van der Waals surface area contributed by atoms with Crippen molar-refractivity contribution in [1.82, 2.24) is 0 Å². The molecular weight excluding hydrogens is 307 g/mol. The fourth-order valence-corrected chi connectivity index (χ4v) is 1.82. The van der Waals surface area contributed by atoms with Crippen LogP contribution in [0.15, 0.2) is 34.0 Å². The predicted molar refractivity (Wildman–Crippen MR) is 71.3 cm³/mol. The van der Waals surface area contributed by atoms with Gasteiger partial charge in [0, 0.05) is 4.47 Å². The van der Waals surface area contributed by atoms with Crippen LogP contribution < -0.4 is 5.32 Å². The van der Waals surface area contributed by atoms with E-state index >= 15 is 0 Å². The quantitative estimate of drug-likeness (QED) is 0.378. The minimum absolute atomic E-state index is 0.0174. The third kappa shape index (κ3) is 3.51. The summed E-state index contributed by atoms with van der Waals surface area (Å²) in [4.78, 5) is 0.0832. The van der Waals surface area contributed by atoms with Crippen LogP contribution in [0, 0.1) is 17.1 Å². The first-order valence-corrected chi connectivity index (χ1v) is 5.72. The number of nitriles is 1. The molecule has 0 radical (unpaired) electrons. The van der Waals surface area contributed by atoms with E-state index in [1.165, 1.54) is 25.1 Å². The van der Waals surface area contributed by atoms with Gasteiger partial charge in [0.2, 0.25) is 0 Å². The Balaban J connectivity index is 2.97. The van der Waals surface area contributed by atoms with Crippen molar-refractivity contribution in [2.45, 2.75) is 6.92 Å². The molecule has 0 fully saturated rings. The Kier molecular flexibility index (Phi) is 4.61. The van der Waals surface area contributed by atoms with Gasteiger partial charge in [-0.3, -0.25) is 0 Å². The van der Waals surface area contributed by atoms with E-state index in [0.29, 0.717) is 10.2 Å². The van der Waals surface area contributed by atoms with Crippen molar-refractivity contribution < 1.29 is 9.50 Å². The van der Waals surface area contributed by atoms with Crippen molar-refractivity contribution in [3.8, 4) is 6.07 Å². The van der Waals surface area contributed by atoms with Crippen molar-refractivity contribution in [2.24, 2.45) is 0 Å². The number of rotatable bonds is 2. The summed E-state index contributed by atoms with van der Waals surface area (Å²) in [6.45, 7) is 1.37. The molecule has 0 aliphatic heterocycles. The summed E-state index contributed by atoms with van der Waals surface area (Å²) in [5.74, 6) is -0.550. The average molecular weight is 315 g/mol. The number of nitrogens with one attached hydrogen (secondary N) is 1. The van der Waals surface area contributed by atoms with E-state index in [4.69, 9.17) is 17.5 Å². The van der Waals surface area contributed by atoms with Crippen molar-refractivity contribution in [3.05, 3.63) is 39.8 Å². The van der Waals surface area contributed by atoms with Crippen LogP contribution in [-0.2, 0) is 0 Å². The number of aliphatic hydroxyl groups excluding tert-OH is 1. The van der Waals surface area contributed by atoms with Crippen LogP contribution in [0.3, 0.4) is 0 Å². The van der Waals surface area contributed by atoms with Crippen molar-refractivity contribution >= 4 is 38.8 Å². The molecule has 0 amide bonds. The molecule has 1 aromatic carbocycles. The van der Waals surface area contributed by atoms with E-state index in [2.05, 4.69) is 21.2 Å². The van der Waals surface area contributed by atoms with Gasteiger partial charge >= 0.3 is 0 Å². The SMILES string of the molecule is CC(O)=C(C#N)C(=S)Nc1ccc(F)cc1Br. The highest BCUT2D eigenvalue weighted by Crippen LogP contribution is 2.23. The summed E-state index contributed by atoms with van der Waals surface area (Å²) >= 11 is 8.12. The largest absolute Gasteiger partial charge is 0.511 e. The van der Waals surface area contributed by atoms with Gasteiger partial charge in [-0.05, 0) is 41.1 Å². The topological polar surface area (TPSA) is 56.0 Å². The van der Waals surface area contributed by atoms with Gasteiger partial charge in [0.1, 0.15) is 28.2 Å². The van der Waals surface area contributed by atoms with Crippen LogP contribution in [0.25, 0.3) is 0 Å². The maximum Gasteiger partial charge on any atom is 0.125 e. The van der Waals surface area contributed by atoms with Crippen LogP contribution in [0.2, 0.25) is 0 Å². The zero-order valence-corrected chi connectivity index (χ0v) is 11.2. The van der Waals surface area contributed by atoms with E-state index in [1.54, 1.807) is 6.07 Å². The second kappa shape index (κ2) is 5.75. The van der Waals surface area contributed by atoms with Gasteiger partial charge in [-0.25, -0.2) is 4.39 Å². The van der Waals surface area contributed by atoms with Crippen LogP contribution in [-0.4, -0.2) is 10.1 Å². The maximum atomic E-state index is 12.8. The lowest BCUT2D eigenvalue weighted by molar-refractivity contribution is 0.412. The molecule has 0 spiro atoms. The Morgan fingerprint density at radius 3 is 2.71 bits per heavy atom. The Morgan fingerprint density at radius 1 is 1.59 bits per heavy atom. The molecule has 0 aromatic heterocycles. The molecule has 0 saturated carbocycles. The van der Waals surface area contributed by atoms with Crippen molar-refractivity contribution in [3.63, 3.8) is 0 Å². The smallest absolute Gasteiger partial charge is 0.125 e. The first-order chi connectivity index (χ1) is 7.95. The second-order valence-corrected chi connectivity index (χ2v) is 4.41. The highest BCUT2D eigenvalue weighted by atomic mass is 79.9. The number of hydrogen-bond donors (Lipinski definition) is 2. The second-order valence-electron chi connectivity index (χ2n) is 3.15. The van der Waals surface area contributed by atoms with Crippen LogP contribution >= 0.6 is 28.1 Å². The first-order valence-electron chi connectivity index (χ1n) is 4.52. The van der Waals surface area contributed by atoms with Crippen LogP contribution in [0.1, 0.15) is 6.92 Å². The number of halogens is 2. The van der Waals surface area contributed by atoms with Gasteiger partial charge in [-0.2, -0.15) is 5.26 Å². The number of benzene rings is 1. The van der Waals surface area contributed by atoms with Crippen molar-refractivity contribution in [1.29, 1.82) is 5.26 Å². The van der Waals surface area contributed by atoms with Crippen LogP contribution in [0.5, 0.6) is 0 Å². The average Bonchev–Trinajstić information content (AvgIpc) is 2.22. The molecule has 3 nitrogen and oxygen atoms in total. The van der Waals surface area contributed by atoms with Gasteiger partial charge in [0.05, 0.1) is 5.69 Å². The van der Waals surface area contributed by atoms with Gasteiger partial charge in [0.25, 0.3) is 0 Å². The summed E-state index contributed by atoms with van der Waals surface area (Å²) in [5.41, 5.74) is 0.502. The van der Waals surface area contributed by atoms with Gasteiger partial charge < -0.3 is 10.4 Å². The van der Waals surface area contributed by atoms with E-state index in [9.17, 15) is 9.50 Å². The monoisotopic (exact) mass is 314 g/mol. The summed E-state index contributed by atoms with van der Waals surface area (Å²) in [5, 5.41) is 20.8. The minimum Gasteiger partial charge on any atom is -0.511 e. The standard InChI is InChI=1S/C11H8BrFN2OS/c1-6(16)8(5-14)11(17)15-10-3-2-7(13)4-9(10)12/h2-4,16H,1H3,(H,15,17). The molecule has 6 heteroatoms. The highest BCUT2D eigenvalue weighted by molar-refractivity contribution is 9.10. The number of hydrogen-bond acceptors (Lipinski definition) is 3. The number of nitrogens with zero attached hydrogens (tertiary/aromatic N) is 1. The third-order valence-electron chi connectivity index (χ3n) is 1.88. The van der Waals surface area contributed by atoms with E-state index in [0.717, 1.165) is 0 Å². The van der Waals surface area contributed by atoms with Crippen molar-refractivity contribution in [2.75, 3.05) is 5.32 Å². The third-order valence-corrected chi connectivity index (χ3v) is 2.84. The van der Waals surface area contributed by atoms with Crippen LogP contribution in [0.4, 0.5) is 10.1 Å². The summed E-state index contributed by atoms with van der Waals surface area (Å²) in [6, 6.07) is 5.80. The normalized spacial score (nSPS) is 11.4. The molecule has 0 aliphatic rings. The van der Waals surface area contributed by atoms with E-state index < -0.39 is 0 Å². The van der Waals surface area contributed by atoms with Gasteiger partial charge in [-0.15, -0.1) is 0 Å². The summed E-state index contributed by atoms with van der Waals surface area (Å²) in [7, 11) is 0. The lowest BCUT2D eigenvalue weighted by Crippen LogP contribution is -2.13. The molecule has 0 unspecified atom stereocenters.